The topological polar surface area (TPSA) is 71.5 Å². The van der Waals surface area contributed by atoms with Gasteiger partial charge < -0.3 is 10.1 Å². The van der Waals surface area contributed by atoms with Crippen molar-refractivity contribution in [3.63, 3.8) is 0 Å². The van der Waals surface area contributed by atoms with E-state index < -0.39 is 0 Å². The van der Waals surface area contributed by atoms with Crippen LogP contribution in [0.25, 0.3) is 10.9 Å². The van der Waals surface area contributed by atoms with E-state index in [1.807, 2.05) is 54.6 Å². The Morgan fingerprint density at radius 3 is 2.57 bits per heavy atom. The number of nitrogens with zero attached hydrogens (tertiary/aromatic N) is 2. The van der Waals surface area contributed by atoms with Crippen LogP contribution in [-0.4, -0.2) is 48.3 Å². The number of nitrogens with one attached hydrogen (secondary N) is 1. The minimum atomic E-state index is -0.0497. The van der Waals surface area contributed by atoms with Crippen molar-refractivity contribution >= 4 is 28.3 Å². The number of amides is 1. The minimum absolute atomic E-state index is 0.00171. The zero-order valence-electron chi connectivity index (χ0n) is 17.0. The van der Waals surface area contributed by atoms with Gasteiger partial charge in [-0.1, -0.05) is 6.07 Å². The van der Waals surface area contributed by atoms with E-state index in [1.54, 1.807) is 13.3 Å². The molecule has 0 spiro atoms. The summed E-state index contributed by atoms with van der Waals surface area (Å²) >= 11 is 0. The number of pyridine rings is 1. The number of rotatable bonds is 6. The summed E-state index contributed by atoms with van der Waals surface area (Å²) in [5, 5.41) is 3.93. The Kier molecular flexibility index (Phi) is 6.05. The van der Waals surface area contributed by atoms with Crippen LogP contribution in [0, 0.1) is 5.92 Å². The van der Waals surface area contributed by atoms with Crippen LogP contribution in [0.15, 0.2) is 60.8 Å². The minimum Gasteiger partial charge on any atom is -0.497 e. The lowest BCUT2D eigenvalue weighted by Crippen LogP contribution is -2.40. The van der Waals surface area contributed by atoms with Crippen molar-refractivity contribution in [2.24, 2.45) is 5.92 Å². The summed E-state index contributed by atoms with van der Waals surface area (Å²) in [5.74, 6) is 0.868. The van der Waals surface area contributed by atoms with Crippen LogP contribution >= 0.6 is 0 Å². The molecule has 0 saturated carbocycles. The lowest BCUT2D eigenvalue weighted by molar-refractivity contribution is -0.117. The molecule has 6 heteroatoms. The molecule has 6 nitrogen and oxygen atoms in total. The molecule has 1 saturated heterocycles. The molecule has 2 aromatic carbocycles. The van der Waals surface area contributed by atoms with Gasteiger partial charge in [0, 0.05) is 23.1 Å². The number of Topliss-reactive ketones (excluding diaryl/α,β-unsaturated/α-hetero) is 1. The van der Waals surface area contributed by atoms with E-state index >= 15 is 0 Å². The van der Waals surface area contributed by atoms with Crippen LogP contribution in [-0.2, 0) is 4.79 Å². The van der Waals surface area contributed by atoms with Crippen LogP contribution in [0.1, 0.15) is 23.2 Å². The maximum atomic E-state index is 12.7. The van der Waals surface area contributed by atoms with Gasteiger partial charge in [-0.25, -0.2) is 0 Å². The summed E-state index contributed by atoms with van der Waals surface area (Å²) in [6.45, 7) is 1.79. The summed E-state index contributed by atoms with van der Waals surface area (Å²) in [4.78, 5) is 31.8. The molecule has 0 bridgehead atoms. The molecule has 3 aromatic rings. The van der Waals surface area contributed by atoms with Gasteiger partial charge in [-0.15, -0.1) is 0 Å². The number of anilines is 1. The summed E-state index contributed by atoms with van der Waals surface area (Å²) < 4.78 is 5.15. The standard InChI is InChI=1S/C24H25N3O3/c1-30-19-9-7-17(8-10-19)24(29)18-11-14-27(15-12-18)16-23(28)26-22-6-2-5-21-20(22)4-3-13-25-21/h2-10,13,18H,11-12,14-16H2,1H3,(H,26,28). The monoisotopic (exact) mass is 403 g/mol. The highest BCUT2D eigenvalue weighted by Crippen LogP contribution is 2.24. The Morgan fingerprint density at radius 1 is 1.07 bits per heavy atom. The molecule has 1 amide bonds. The second kappa shape index (κ2) is 9.05. The first kappa shape index (κ1) is 20.0. The first-order valence-corrected chi connectivity index (χ1v) is 10.2. The van der Waals surface area contributed by atoms with Crippen LogP contribution in [0.2, 0.25) is 0 Å². The van der Waals surface area contributed by atoms with Crippen molar-refractivity contribution in [3.8, 4) is 5.75 Å². The average molecular weight is 403 g/mol. The van der Waals surface area contributed by atoms with Gasteiger partial charge in [0.15, 0.2) is 5.78 Å². The molecule has 0 aliphatic carbocycles. The summed E-state index contributed by atoms with van der Waals surface area (Å²) in [6.07, 6.45) is 3.26. The lowest BCUT2D eigenvalue weighted by Gasteiger charge is -2.30. The highest BCUT2D eigenvalue weighted by molar-refractivity contribution is 6.01. The molecule has 0 radical (unpaired) electrons. The Morgan fingerprint density at radius 2 is 1.83 bits per heavy atom. The van der Waals surface area contributed by atoms with E-state index in [1.165, 1.54) is 0 Å². The van der Waals surface area contributed by atoms with Crippen molar-refractivity contribution in [2.45, 2.75) is 12.8 Å². The third-order valence-corrected chi connectivity index (χ3v) is 5.62. The zero-order chi connectivity index (χ0) is 20.9. The van der Waals surface area contributed by atoms with Crippen LogP contribution in [0.5, 0.6) is 5.75 Å². The number of ether oxygens (including phenoxy) is 1. The summed E-state index contributed by atoms with van der Waals surface area (Å²) in [7, 11) is 1.61. The maximum Gasteiger partial charge on any atom is 0.238 e. The van der Waals surface area contributed by atoms with Crippen molar-refractivity contribution in [1.82, 2.24) is 9.88 Å². The van der Waals surface area contributed by atoms with Gasteiger partial charge in [-0.05, 0) is 74.5 Å². The van der Waals surface area contributed by atoms with E-state index in [0.717, 1.165) is 53.8 Å². The molecule has 1 N–H and O–H groups in total. The molecule has 0 atom stereocenters. The highest BCUT2D eigenvalue weighted by atomic mass is 16.5. The smallest absolute Gasteiger partial charge is 0.238 e. The van der Waals surface area contributed by atoms with Crippen molar-refractivity contribution in [3.05, 3.63) is 66.4 Å². The Hall–Kier alpha value is -3.25. The third-order valence-electron chi connectivity index (χ3n) is 5.62. The van der Waals surface area contributed by atoms with Gasteiger partial charge in [-0.2, -0.15) is 0 Å². The van der Waals surface area contributed by atoms with Crippen molar-refractivity contribution in [2.75, 3.05) is 32.1 Å². The molecule has 4 rings (SSSR count). The summed E-state index contributed by atoms with van der Waals surface area (Å²) in [5.41, 5.74) is 2.35. The number of ketones is 1. The normalized spacial score (nSPS) is 15.1. The second-order valence-corrected chi connectivity index (χ2v) is 7.57. The fraction of sp³-hybridized carbons (Fsp3) is 0.292. The van der Waals surface area contributed by atoms with Gasteiger partial charge in [-0.3, -0.25) is 19.5 Å². The number of piperidine rings is 1. The molecule has 30 heavy (non-hydrogen) atoms. The van der Waals surface area contributed by atoms with E-state index in [4.69, 9.17) is 4.74 Å². The molecule has 1 aliphatic heterocycles. The second-order valence-electron chi connectivity index (χ2n) is 7.57. The third kappa shape index (κ3) is 4.49. The number of aromatic nitrogens is 1. The number of hydrogen-bond acceptors (Lipinski definition) is 5. The van der Waals surface area contributed by atoms with Gasteiger partial charge >= 0.3 is 0 Å². The average Bonchev–Trinajstić information content (AvgIpc) is 2.79. The predicted molar refractivity (Wildman–Crippen MR) is 117 cm³/mol. The maximum absolute atomic E-state index is 12.7. The number of fused-ring (bicyclic) bond motifs is 1. The molecule has 0 unspecified atom stereocenters. The highest BCUT2D eigenvalue weighted by Gasteiger charge is 2.26. The first-order valence-electron chi connectivity index (χ1n) is 10.2. The van der Waals surface area contributed by atoms with E-state index in [9.17, 15) is 9.59 Å². The van der Waals surface area contributed by atoms with Crippen LogP contribution < -0.4 is 10.1 Å². The lowest BCUT2D eigenvalue weighted by atomic mass is 9.89. The predicted octanol–water partition coefficient (Wildman–Crippen LogP) is 3.78. The van der Waals surface area contributed by atoms with Gasteiger partial charge in [0.2, 0.25) is 5.91 Å². The Balaban J connectivity index is 1.31. The van der Waals surface area contributed by atoms with Crippen LogP contribution in [0.3, 0.4) is 0 Å². The molecule has 2 heterocycles. The molecule has 1 aromatic heterocycles. The van der Waals surface area contributed by atoms with Crippen LogP contribution in [0.4, 0.5) is 5.69 Å². The summed E-state index contributed by atoms with van der Waals surface area (Å²) in [6, 6.07) is 16.8. The van der Waals surface area contributed by atoms with E-state index in [2.05, 4.69) is 15.2 Å². The van der Waals surface area contributed by atoms with Gasteiger partial charge in [0.25, 0.3) is 0 Å². The Bertz CT molecular complexity index is 1040. The Labute approximate surface area is 175 Å². The van der Waals surface area contributed by atoms with Gasteiger partial charge in [0.1, 0.15) is 5.75 Å². The molecule has 154 valence electrons. The largest absolute Gasteiger partial charge is 0.497 e. The SMILES string of the molecule is COc1ccc(C(=O)C2CCN(CC(=O)Nc3cccc4ncccc34)CC2)cc1. The quantitative estimate of drug-likeness (QED) is 0.634. The molecule has 1 fully saturated rings. The number of carbonyl (C=O) groups is 2. The number of carbonyl (C=O) groups excluding carboxylic acids is 2. The number of likely N-dealkylation sites (tertiary alicyclic amines) is 1. The van der Waals surface area contributed by atoms with Crippen molar-refractivity contribution < 1.29 is 14.3 Å². The molecular formula is C24H25N3O3. The first-order chi connectivity index (χ1) is 14.6. The van der Waals surface area contributed by atoms with E-state index in [0.29, 0.717) is 6.54 Å². The molecular weight excluding hydrogens is 378 g/mol. The number of methoxy groups -OCH3 is 1. The van der Waals surface area contributed by atoms with Crippen molar-refractivity contribution in [1.29, 1.82) is 0 Å². The number of benzene rings is 2. The zero-order valence-corrected chi connectivity index (χ0v) is 17.0. The fourth-order valence-corrected chi connectivity index (χ4v) is 3.95. The van der Waals surface area contributed by atoms with E-state index in [-0.39, 0.29) is 17.6 Å². The van der Waals surface area contributed by atoms with Gasteiger partial charge in [0.05, 0.1) is 24.9 Å². The molecule has 1 aliphatic rings. The fourth-order valence-electron chi connectivity index (χ4n) is 3.95. The number of hydrogen-bond donors (Lipinski definition) is 1.